The number of allylic oxidation sites excluding steroid dienone is 26. The third kappa shape index (κ3) is 76.9. The lowest BCUT2D eigenvalue weighted by molar-refractivity contribution is -0.161. The van der Waals surface area contributed by atoms with Crippen LogP contribution in [0, 0.1) is 0 Å². The van der Waals surface area contributed by atoms with Crippen molar-refractivity contribution in [2.75, 3.05) is 39.6 Å². The van der Waals surface area contributed by atoms with Crippen LogP contribution in [0.25, 0.3) is 0 Å². The summed E-state index contributed by atoms with van der Waals surface area (Å²) in [6, 6.07) is 0. The van der Waals surface area contributed by atoms with Crippen molar-refractivity contribution >= 4 is 39.5 Å². The molecule has 106 heavy (non-hydrogen) atoms. The van der Waals surface area contributed by atoms with Crippen LogP contribution in [0.1, 0.15) is 310 Å². The quantitative estimate of drug-likeness (QED) is 0.0169. The Morgan fingerprint density at radius 1 is 0.274 bits per heavy atom. The molecule has 0 aromatic rings. The summed E-state index contributed by atoms with van der Waals surface area (Å²) in [5.74, 6) is -2.32. The zero-order valence-electron chi connectivity index (χ0n) is 66.1. The highest BCUT2D eigenvalue weighted by molar-refractivity contribution is 7.47. The number of aliphatic hydroxyl groups is 1. The minimum absolute atomic E-state index is 0.0304. The van der Waals surface area contributed by atoms with Crippen LogP contribution in [0.3, 0.4) is 0 Å². The van der Waals surface area contributed by atoms with E-state index in [0.717, 1.165) is 186 Å². The predicted molar refractivity (Wildman–Crippen MR) is 436 cm³/mol. The van der Waals surface area contributed by atoms with Crippen LogP contribution in [0.2, 0.25) is 0 Å². The molecule has 0 aromatic heterocycles. The van der Waals surface area contributed by atoms with Gasteiger partial charge in [-0.15, -0.1) is 0 Å². The Hall–Kier alpha value is -5.32. The SMILES string of the molecule is CC/C=C\C/C=C\C/C=C\C/C=C\C/C=C\C/C=C\CCC(=O)OCC(COP(=O)(O)OCC(O)COP(=O)(O)OCC(COC(=O)CCCCCCCC/C=C\C/C=C\C/C=C\C/C=C\CC)OC(=O)CCCCCCC/C=C\C/C=C\CCC)OC(=O)CCCCCCC/C=C\CCCCCCCC. The Morgan fingerprint density at radius 2 is 0.528 bits per heavy atom. The Morgan fingerprint density at radius 3 is 0.858 bits per heavy atom. The molecule has 0 aliphatic rings. The maximum Gasteiger partial charge on any atom is 0.472 e. The van der Waals surface area contributed by atoms with Gasteiger partial charge >= 0.3 is 39.5 Å². The lowest BCUT2D eigenvalue weighted by atomic mass is 10.1. The van der Waals surface area contributed by atoms with Crippen molar-refractivity contribution in [3.05, 3.63) is 158 Å². The van der Waals surface area contributed by atoms with Gasteiger partial charge in [0.05, 0.1) is 26.4 Å². The number of rotatable bonds is 75. The molecule has 604 valence electrons. The summed E-state index contributed by atoms with van der Waals surface area (Å²) < 4.78 is 68.6. The van der Waals surface area contributed by atoms with Crippen LogP contribution in [0.5, 0.6) is 0 Å². The zero-order chi connectivity index (χ0) is 77.4. The van der Waals surface area contributed by atoms with Crippen LogP contribution in [0.4, 0.5) is 0 Å². The lowest BCUT2D eigenvalue weighted by Crippen LogP contribution is -2.30. The first-order valence-electron chi connectivity index (χ1n) is 40.7. The van der Waals surface area contributed by atoms with Gasteiger partial charge in [-0.1, -0.05) is 288 Å². The fourth-order valence-corrected chi connectivity index (χ4v) is 11.9. The van der Waals surface area contributed by atoms with Crippen LogP contribution in [-0.2, 0) is 65.4 Å². The number of esters is 4. The third-order valence-electron chi connectivity index (χ3n) is 16.5. The summed E-state index contributed by atoms with van der Waals surface area (Å²) in [6.07, 6.45) is 90.9. The number of phosphoric ester groups is 2. The molecular formula is C87H144O17P2. The summed E-state index contributed by atoms with van der Waals surface area (Å²) in [7, 11) is -10.00. The smallest absolute Gasteiger partial charge is 0.462 e. The summed E-state index contributed by atoms with van der Waals surface area (Å²) in [5.41, 5.74) is 0. The molecule has 0 heterocycles. The van der Waals surface area contributed by atoms with Crippen molar-refractivity contribution in [3.63, 3.8) is 0 Å². The van der Waals surface area contributed by atoms with Gasteiger partial charge in [-0.2, -0.15) is 0 Å². The van der Waals surface area contributed by atoms with Gasteiger partial charge in [-0.25, -0.2) is 9.13 Å². The van der Waals surface area contributed by atoms with Gasteiger partial charge < -0.3 is 33.8 Å². The number of aliphatic hydroxyl groups excluding tert-OH is 1. The van der Waals surface area contributed by atoms with E-state index in [1.54, 1.807) is 0 Å². The number of hydrogen-bond acceptors (Lipinski definition) is 15. The highest BCUT2D eigenvalue weighted by Gasteiger charge is 2.30. The monoisotopic (exact) mass is 1520 g/mol. The molecule has 17 nitrogen and oxygen atoms in total. The van der Waals surface area contributed by atoms with Crippen molar-refractivity contribution in [1.82, 2.24) is 0 Å². The number of phosphoric acid groups is 2. The molecule has 0 rings (SSSR count). The first kappa shape index (κ1) is 101. The number of carbonyl (C=O) groups is 4. The van der Waals surface area contributed by atoms with Gasteiger partial charge in [0, 0.05) is 25.7 Å². The Labute approximate surface area is 642 Å². The summed E-state index contributed by atoms with van der Waals surface area (Å²) in [5, 5.41) is 10.6. The Bertz CT molecular complexity index is 2630. The maximum atomic E-state index is 13.1. The molecule has 0 amide bonds. The molecule has 5 atom stereocenters. The third-order valence-corrected chi connectivity index (χ3v) is 18.4. The molecule has 0 fully saturated rings. The second-order valence-electron chi connectivity index (χ2n) is 26.6. The molecule has 5 unspecified atom stereocenters. The average molecular weight is 1520 g/mol. The number of ether oxygens (including phenoxy) is 4. The van der Waals surface area contributed by atoms with E-state index in [-0.39, 0.29) is 25.7 Å². The minimum Gasteiger partial charge on any atom is -0.462 e. The molecule has 19 heteroatoms. The van der Waals surface area contributed by atoms with Gasteiger partial charge in [0.25, 0.3) is 0 Å². The molecule has 0 bridgehead atoms. The first-order chi connectivity index (χ1) is 51.7. The molecule has 0 aliphatic carbocycles. The van der Waals surface area contributed by atoms with E-state index >= 15 is 0 Å². The van der Waals surface area contributed by atoms with E-state index in [1.807, 2.05) is 18.2 Å². The van der Waals surface area contributed by atoms with E-state index in [1.165, 1.54) is 38.5 Å². The molecule has 0 spiro atoms. The highest BCUT2D eigenvalue weighted by atomic mass is 31.2. The normalized spacial score (nSPS) is 14.7. The second-order valence-corrected chi connectivity index (χ2v) is 29.5. The lowest BCUT2D eigenvalue weighted by Gasteiger charge is -2.21. The number of hydrogen-bond donors (Lipinski definition) is 3. The average Bonchev–Trinajstić information content (AvgIpc) is 0.933. The van der Waals surface area contributed by atoms with Crippen LogP contribution in [-0.4, -0.2) is 96.7 Å². The topological polar surface area (TPSA) is 237 Å². The molecule has 3 N–H and O–H groups in total. The molecule has 0 radical (unpaired) electrons. The van der Waals surface area contributed by atoms with Gasteiger partial charge in [0.2, 0.25) is 0 Å². The van der Waals surface area contributed by atoms with Crippen molar-refractivity contribution < 1.29 is 80.2 Å². The van der Waals surface area contributed by atoms with Crippen molar-refractivity contribution in [3.8, 4) is 0 Å². The molecule has 0 saturated heterocycles. The van der Waals surface area contributed by atoms with E-state index in [9.17, 15) is 43.2 Å². The Kier molecular flexibility index (Phi) is 73.9. The van der Waals surface area contributed by atoms with E-state index in [0.29, 0.717) is 32.1 Å². The minimum atomic E-state index is -5.00. The summed E-state index contributed by atoms with van der Waals surface area (Å²) >= 11 is 0. The van der Waals surface area contributed by atoms with E-state index in [4.69, 9.17) is 37.0 Å². The first-order valence-corrected chi connectivity index (χ1v) is 43.7. The zero-order valence-corrected chi connectivity index (χ0v) is 67.8. The fraction of sp³-hybridized carbons (Fsp3) is 0.655. The van der Waals surface area contributed by atoms with Crippen molar-refractivity contribution in [2.24, 2.45) is 0 Å². The van der Waals surface area contributed by atoms with Crippen LogP contribution >= 0.6 is 15.6 Å². The fourth-order valence-electron chi connectivity index (χ4n) is 10.3. The standard InChI is InChI=1S/C87H144O17P2/c1-5-9-13-17-21-25-29-33-36-38-40-42-45-48-51-55-59-63-67-71-84(89)97-77-82(103-86(91)73-69-65-61-57-53-47-32-28-24-20-16-12-8-4)79-101-105(93,94)99-75-81(88)76-100-106(95,96)102-80-83(104-87(92)74-70-66-62-58-54-50-44-35-31-27-23-19-15-11-7-3)78-98-85(90)72-68-64-60-56-52-49-46-43-41-39-37-34-30-26-22-18-14-10-6-2/h9-10,13-14,16,20-22,25-26,28,32-37,40-44,49,52,60,64,81-83,88H,5-8,11-12,15,17-19,23-24,27,29-31,38-39,45-48,50-51,53-59,61-63,65-80H2,1-4H3,(H,93,94)(H,95,96)/b13-9-,14-10-,20-16-,25-21-,26-22-,32-28-,36-33-,37-34-,42-40-,43-41-,44-35-,52-49-,64-60-. The maximum absolute atomic E-state index is 13.1. The van der Waals surface area contributed by atoms with Crippen molar-refractivity contribution in [2.45, 2.75) is 329 Å². The molecular weight excluding hydrogens is 1380 g/mol. The molecule has 0 aliphatic heterocycles. The second kappa shape index (κ2) is 77.8. The van der Waals surface area contributed by atoms with Gasteiger partial charge in [-0.3, -0.25) is 37.3 Å². The number of unbranched alkanes of at least 4 members (excludes halogenated alkanes) is 23. The van der Waals surface area contributed by atoms with Crippen LogP contribution < -0.4 is 0 Å². The Balaban J connectivity index is 5.44. The van der Waals surface area contributed by atoms with Crippen LogP contribution in [0.15, 0.2) is 158 Å². The number of carbonyl (C=O) groups excluding carboxylic acids is 4. The largest absolute Gasteiger partial charge is 0.472 e. The predicted octanol–water partition coefficient (Wildman–Crippen LogP) is 24.0. The summed E-state index contributed by atoms with van der Waals surface area (Å²) in [4.78, 5) is 73.1. The van der Waals surface area contributed by atoms with Gasteiger partial charge in [0.15, 0.2) is 12.2 Å². The highest BCUT2D eigenvalue weighted by Crippen LogP contribution is 2.45. The molecule has 0 aromatic carbocycles. The van der Waals surface area contributed by atoms with E-state index < -0.39 is 97.5 Å². The van der Waals surface area contributed by atoms with Gasteiger partial charge in [-0.05, 0) is 154 Å². The summed E-state index contributed by atoms with van der Waals surface area (Å²) in [6.45, 7) is 4.46. The molecule has 0 saturated carbocycles. The van der Waals surface area contributed by atoms with E-state index in [2.05, 4.69) is 167 Å². The van der Waals surface area contributed by atoms with Gasteiger partial charge in [0.1, 0.15) is 19.3 Å². The van der Waals surface area contributed by atoms with Crippen molar-refractivity contribution in [1.29, 1.82) is 0 Å².